The van der Waals surface area contributed by atoms with Crippen molar-refractivity contribution in [1.29, 1.82) is 0 Å². The van der Waals surface area contributed by atoms with Crippen molar-refractivity contribution in [2.45, 2.75) is 53.6 Å². The van der Waals surface area contributed by atoms with Crippen LogP contribution in [0.2, 0.25) is 0 Å². The molecule has 0 saturated heterocycles. The third-order valence-electron chi connectivity index (χ3n) is 4.95. The van der Waals surface area contributed by atoms with E-state index in [0.29, 0.717) is 30.9 Å². The van der Waals surface area contributed by atoms with Crippen LogP contribution in [0.25, 0.3) is 0 Å². The summed E-state index contributed by atoms with van der Waals surface area (Å²) in [7, 11) is 3.43. The Balaban J connectivity index is 1.94. The molecule has 28 heavy (non-hydrogen) atoms. The Bertz CT molecular complexity index is 822. The molecule has 0 radical (unpaired) electrons. The summed E-state index contributed by atoms with van der Waals surface area (Å²) < 4.78 is 2.05. The van der Waals surface area contributed by atoms with Crippen LogP contribution in [0.1, 0.15) is 53.1 Å². The fraction of sp³-hybridized carbons (Fsp3) is 0.500. The number of carbonyl (C=O) groups is 2. The largest absolute Gasteiger partial charge is 0.355 e. The number of rotatable bonds is 8. The third kappa shape index (κ3) is 5.44. The van der Waals surface area contributed by atoms with Gasteiger partial charge in [-0.05, 0) is 49.4 Å². The van der Waals surface area contributed by atoms with E-state index in [-0.39, 0.29) is 11.8 Å². The molecule has 1 aromatic heterocycles. The van der Waals surface area contributed by atoms with Gasteiger partial charge in [-0.3, -0.25) is 14.3 Å². The van der Waals surface area contributed by atoms with E-state index in [1.807, 2.05) is 26.1 Å². The number of aryl methyl sites for hydroxylation is 1. The first-order valence-corrected chi connectivity index (χ1v) is 9.80. The monoisotopic (exact) mass is 384 g/mol. The number of aromatic nitrogens is 2. The van der Waals surface area contributed by atoms with Gasteiger partial charge in [0.05, 0.1) is 5.69 Å². The van der Waals surface area contributed by atoms with Crippen molar-refractivity contribution in [2.24, 2.45) is 5.92 Å². The lowest BCUT2D eigenvalue weighted by atomic mass is 10.1. The van der Waals surface area contributed by atoms with E-state index in [2.05, 4.69) is 35.9 Å². The zero-order valence-electron chi connectivity index (χ0n) is 17.9. The molecule has 0 bridgehead atoms. The Hall–Kier alpha value is -2.63. The molecule has 2 rings (SSSR count). The predicted octanol–water partition coefficient (Wildman–Crippen LogP) is 3.11. The molecule has 6 heteroatoms. The molecular weight excluding hydrogens is 352 g/mol. The number of nitrogens with one attached hydrogen (secondary N) is 1. The molecule has 0 unspecified atom stereocenters. The average molecular weight is 385 g/mol. The van der Waals surface area contributed by atoms with Crippen LogP contribution >= 0.6 is 0 Å². The van der Waals surface area contributed by atoms with Crippen molar-refractivity contribution >= 4 is 11.8 Å². The lowest BCUT2D eigenvalue weighted by Gasteiger charge is -2.17. The van der Waals surface area contributed by atoms with E-state index < -0.39 is 0 Å². The van der Waals surface area contributed by atoms with Crippen molar-refractivity contribution < 1.29 is 9.59 Å². The molecule has 0 spiro atoms. The molecule has 0 saturated carbocycles. The fourth-order valence-electron chi connectivity index (χ4n) is 3.31. The normalized spacial score (nSPS) is 11.0. The molecule has 2 aromatic rings. The molecule has 1 N–H and O–H groups in total. The molecule has 0 aliphatic heterocycles. The highest BCUT2D eigenvalue weighted by Crippen LogP contribution is 2.17. The summed E-state index contributed by atoms with van der Waals surface area (Å²) in [6, 6.07) is 7.34. The maximum Gasteiger partial charge on any atom is 0.251 e. The highest BCUT2D eigenvalue weighted by Gasteiger charge is 2.16. The van der Waals surface area contributed by atoms with E-state index in [1.165, 1.54) is 5.56 Å². The van der Waals surface area contributed by atoms with Crippen LogP contribution in [-0.2, 0) is 24.3 Å². The van der Waals surface area contributed by atoms with Crippen LogP contribution in [0, 0.1) is 19.8 Å². The van der Waals surface area contributed by atoms with Gasteiger partial charge in [0.25, 0.3) is 5.91 Å². The van der Waals surface area contributed by atoms with Crippen LogP contribution in [0.15, 0.2) is 24.3 Å². The first-order valence-electron chi connectivity index (χ1n) is 9.80. The SMILES string of the molecule is CNC(=O)c1ccc(CN(C)C(=O)CCc2c(C)nn(CC(C)C)c2C)cc1. The van der Waals surface area contributed by atoms with Gasteiger partial charge in [0, 0.05) is 44.9 Å². The molecule has 1 aromatic carbocycles. The average Bonchev–Trinajstić information content (AvgIpc) is 2.92. The number of carbonyl (C=O) groups excluding carboxylic acids is 2. The molecular formula is C22H32N4O2. The van der Waals surface area contributed by atoms with Crippen molar-refractivity contribution in [2.75, 3.05) is 14.1 Å². The minimum atomic E-state index is -0.111. The summed E-state index contributed by atoms with van der Waals surface area (Å²) >= 11 is 0. The maximum absolute atomic E-state index is 12.6. The lowest BCUT2D eigenvalue weighted by Crippen LogP contribution is -2.26. The summed E-state index contributed by atoms with van der Waals surface area (Å²) in [6.07, 6.45) is 1.16. The van der Waals surface area contributed by atoms with E-state index in [9.17, 15) is 9.59 Å². The molecule has 0 aliphatic carbocycles. The first-order chi connectivity index (χ1) is 13.2. The second-order valence-electron chi connectivity index (χ2n) is 7.75. The highest BCUT2D eigenvalue weighted by atomic mass is 16.2. The summed E-state index contributed by atoms with van der Waals surface area (Å²) in [5, 5.41) is 7.23. The number of benzene rings is 1. The highest BCUT2D eigenvalue weighted by molar-refractivity contribution is 5.93. The van der Waals surface area contributed by atoms with Crippen LogP contribution in [0.4, 0.5) is 0 Å². The van der Waals surface area contributed by atoms with Crippen LogP contribution in [0.3, 0.4) is 0 Å². The lowest BCUT2D eigenvalue weighted by molar-refractivity contribution is -0.130. The number of nitrogens with zero attached hydrogens (tertiary/aromatic N) is 3. The van der Waals surface area contributed by atoms with Gasteiger partial charge in [0.15, 0.2) is 0 Å². The Morgan fingerprint density at radius 1 is 1.18 bits per heavy atom. The van der Waals surface area contributed by atoms with Gasteiger partial charge in [0.2, 0.25) is 5.91 Å². The Labute approximate surface area is 167 Å². The zero-order valence-corrected chi connectivity index (χ0v) is 17.9. The van der Waals surface area contributed by atoms with Crippen LogP contribution in [0.5, 0.6) is 0 Å². The summed E-state index contributed by atoms with van der Waals surface area (Å²) in [5.74, 6) is 0.527. The summed E-state index contributed by atoms with van der Waals surface area (Å²) in [6.45, 7) is 9.87. The Morgan fingerprint density at radius 3 is 2.39 bits per heavy atom. The second kappa shape index (κ2) is 9.53. The summed E-state index contributed by atoms with van der Waals surface area (Å²) in [5.41, 5.74) is 4.97. The Morgan fingerprint density at radius 2 is 1.82 bits per heavy atom. The van der Waals surface area contributed by atoms with Gasteiger partial charge < -0.3 is 10.2 Å². The van der Waals surface area contributed by atoms with E-state index in [0.717, 1.165) is 23.5 Å². The van der Waals surface area contributed by atoms with Crippen LogP contribution in [-0.4, -0.2) is 40.6 Å². The minimum absolute atomic E-state index is 0.103. The molecule has 152 valence electrons. The fourth-order valence-corrected chi connectivity index (χ4v) is 3.31. The minimum Gasteiger partial charge on any atom is -0.355 e. The first kappa shape index (κ1) is 21.7. The zero-order chi connectivity index (χ0) is 20.8. The Kier molecular flexibility index (Phi) is 7.38. The van der Waals surface area contributed by atoms with Gasteiger partial charge >= 0.3 is 0 Å². The molecule has 1 heterocycles. The summed E-state index contributed by atoms with van der Waals surface area (Å²) in [4.78, 5) is 25.9. The van der Waals surface area contributed by atoms with E-state index in [1.54, 1.807) is 24.1 Å². The van der Waals surface area contributed by atoms with Gasteiger partial charge in [-0.25, -0.2) is 0 Å². The molecule has 0 aliphatic rings. The quantitative estimate of drug-likeness (QED) is 0.760. The van der Waals surface area contributed by atoms with Crippen molar-refractivity contribution in [3.05, 3.63) is 52.3 Å². The van der Waals surface area contributed by atoms with Gasteiger partial charge in [0.1, 0.15) is 0 Å². The molecule has 0 fully saturated rings. The van der Waals surface area contributed by atoms with Crippen molar-refractivity contribution in [3.8, 4) is 0 Å². The van der Waals surface area contributed by atoms with Gasteiger partial charge in [-0.15, -0.1) is 0 Å². The predicted molar refractivity (Wildman–Crippen MR) is 111 cm³/mol. The standard InChI is InChI=1S/C22H32N4O2/c1-15(2)13-26-17(4)20(16(3)24-26)11-12-21(27)25(6)14-18-7-9-19(10-8-18)22(28)23-5/h7-10,15H,11-14H2,1-6H3,(H,23,28). The van der Waals surface area contributed by atoms with Crippen molar-refractivity contribution in [1.82, 2.24) is 20.0 Å². The maximum atomic E-state index is 12.6. The number of hydrogen-bond acceptors (Lipinski definition) is 3. The van der Waals surface area contributed by atoms with Crippen molar-refractivity contribution in [3.63, 3.8) is 0 Å². The third-order valence-corrected chi connectivity index (χ3v) is 4.95. The van der Waals surface area contributed by atoms with Gasteiger partial charge in [-0.2, -0.15) is 5.10 Å². The van der Waals surface area contributed by atoms with E-state index in [4.69, 9.17) is 0 Å². The second-order valence-corrected chi connectivity index (χ2v) is 7.75. The topological polar surface area (TPSA) is 67.2 Å². The van der Waals surface area contributed by atoms with E-state index >= 15 is 0 Å². The molecule has 0 atom stereocenters. The smallest absolute Gasteiger partial charge is 0.251 e. The number of hydrogen-bond donors (Lipinski definition) is 1. The molecule has 6 nitrogen and oxygen atoms in total. The van der Waals surface area contributed by atoms with Crippen LogP contribution < -0.4 is 5.32 Å². The number of amides is 2. The molecule has 2 amide bonds. The van der Waals surface area contributed by atoms with Gasteiger partial charge in [-0.1, -0.05) is 26.0 Å².